The van der Waals surface area contributed by atoms with Gasteiger partial charge in [-0.1, -0.05) is 13.3 Å². The van der Waals surface area contributed by atoms with Crippen LogP contribution < -0.4 is 5.32 Å². The number of nitrogens with one attached hydrogen (secondary N) is 1. The minimum Gasteiger partial charge on any atom is -0.464 e. The van der Waals surface area contributed by atoms with E-state index in [0.717, 1.165) is 18.6 Å². The number of rotatable bonds is 8. The molecule has 0 spiro atoms. The summed E-state index contributed by atoms with van der Waals surface area (Å²) in [4.78, 5) is 22.5. The highest BCUT2D eigenvalue weighted by molar-refractivity contribution is 7.98. The average molecular weight is 247 g/mol. The number of esters is 1. The van der Waals surface area contributed by atoms with Crippen molar-refractivity contribution in [2.24, 2.45) is 0 Å². The van der Waals surface area contributed by atoms with Crippen LogP contribution >= 0.6 is 11.8 Å². The SMILES string of the molecule is CCCCOC(=O)[C@H](CCSC)NC(C)=O. The molecule has 0 saturated carbocycles. The largest absolute Gasteiger partial charge is 0.464 e. The Balaban J connectivity index is 4.04. The van der Waals surface area contributed by atoms with Crippen LogP contribution in [0.4, 0.5) is 0 Å². The number of amides is 1. The molecule has 0 saturated heterocycles. The van der Waals surface area contributed by atoms with Crippen LogP contribution in [0.25, 0.3) is 0 Å². The summed E-state index contributed by atoms with van der Waals surface area (Å²) in [7, 11) is 0. The zero-order valence-electron chi connectivity index (χ0n) is 10.2. The van der Waals surface area contributed by atoms with Crippen LogP contribution in [0.3, 0.4) is 0 Å². The number of thioether (sulfide) groups is 1. The summed E-state index contributed by atoms with van der Waals surface area (Å²) >= 11 is 1.64. The Kier molecular flexibility index (Phi) is 9.09. The van der Waals surface area contributed by atoms with E-state index in [1.165, 1.54) is 6.92 Å². The highest BCUT2D eigenvalue weighted by Crippen LogP contribution is 2.03. The molecule has 0 aromatic carbocycles. The molecule has 0 rings (SSSR count). The van der Waals surface area contributed by atoms with Gasteiger partial charge in [0.05, 0.1) is 6.61 Å². The standard InChI is InChI=1S/C11H21NO3S/c1-4-5-7-15-11(14)10(6-8-16-3)12-9(2)13/h10H,4-8H2,1-3H3,(H,12,13)/t10-/m0/s1. The van der Waals surface area contributed by atoms with Gasteiger partial charge in [0.1, 0.15) is 6.04 Å². The maximum absolute atomic E-state index is 11.6. The molecule has 0 aromatic heterocycles. The third kappa shape index (κ3) is 7.56. The molecule has 0 bridgehead atoms. The van der Waals surface area contributed by atoms with Crippen LogP contribution in [0.1, 0.15) is 33.1 Å². The lowest BCUT2D eigenvalue weighted by Crippen LogP contribution is -2.41. The number of unbranched alkanes of at least 4 members (excludes halogenated alkanes) is 1. The van der Waals surface area contributed by atoms with Gasteiger partial charge >= 0.3 is 5.97 Å². The Labute approximate surface area is 101 Å². The van der Waals surface area contributed by atoms with Crippen molar-refractivity contribution >= 4 is 23.6 Å². The van der Waals surface area contributed by atoms with E-state index in [0.29, 0.717) is 13.0 Å². The van der Waals surface area contributed by atoms with Crippen molar-refractivity contribution in [2.45, 2.75) is 39.2 Å². The maximum atomic E-state index is 11.6. The molecule has 0 aliphatic rings. The molecular weight excluding hydrogens is 226 g/mol. The highest BCUT2D eigenvalue weighted by atomic mass is 32.2. The second-order valence-corrected chi connectivity index (χ2v) is 4.54. The topological polar surface area (TPSA) is 55.4 Å². The number of hydrogen-bond acceptors (Lipinski definition) is 4. The van der Waals surface area contributed by atoms with Gasteiger partial charge in [0.2, 0.25) is 5.91 Å². The molecule has 1 atom stereocenters. The Morgan fingerprint density at radius 3 is 2.62 bits per heavy atom. The third-order valence-electron chi connectivity index (χ3n) is 2.01. The van der Waals surface area contributed by atoms with E-state index < -0.39 is 6.04 Å². The fourth-order valence-corrected chi connectivity index (χ4v) is 1.62. The summed E-state index contributed by atoms with van der Waals surface area (Å²) in [5, 5.41) is 2.61. The normalized spacial score (nSPS) is 11.9. The smallest absolute Gasteiger partial charge is 0.328 e. The van der Waals surface area contributed by atoms with Gasteiger partial charge in [0, 0.05) is 6.92 Å². The van der Waals surface area contributed by atoms with Crippen LogP contribution in [0, 0.1) is 0 Å². The van der Waals surface area contributed by atoms with Gasteiger partial charge in [0.15, 0.2) is 0 Å². The lowest BCUT2D eigenvalue weighted by molar-refractivity contribution is -0.147. The molecule has 0 aromatic rings. The second-order valence-electron chi connectivity index (χ2n) is 3.56. The quantitative estimate of drug-likeness (QED) is 0.523. The van der Waals surface area contributed by atoms with Crippen molar-refractivity contribution in [1.29, 1.82) is 0 Å². The number of ether oxygens (including phenoxy) is 1. The molecule has 16 heavy (non-hydrogen) atoms. The van der Waals surface area contributed by atoms with Crippen LogP contribution in [-0.4, -0.2) is 36.5 Å². The summed E-state index contributed by atoms with van der Waals surface area (Å²) in [6.45, 7) is 3.88. The van der Waals surface area contributed by atoms with Crippen molar-refractivity contribution in [2.75, 3.05) is 18.6 Å². The van der Waals surface area contributed by atoms with Gasteiger partial charge in [-0.25, -0.2) is 4.79 Å². The molecule has 4 nitrogen and oxygen atoms in total. The van der Waals surface area contributed by atoms with Gasteiger partial charge in [-0.05, 0) is 24.9 Å². The molecule has 0 radical (unpaired) electrons. The molecule has 1 amide bonds. The van der Waals surface area contributed by atoms with Crippen LogP contribution in [-0.2, 0) is 14.3 Å². The predicted octanol–water partition coefficient (Wildman–Crippen LogP) is 1.59. The van der Waals surface area contributed by atoms with Crippen molar-refractivity contribution in [3.05, 3.63) is 0 Å². The van der Waals surface area contributed by atoms with Crippen LogP contribution in [0.15, 0.2) is 0 Å². The Morgan fingerprint density at radius 1 is 1.44 bits per heavy atom. The van der Waals surface area contributed by atoms with Crippen LogP contribution in [0.2, 0.25) is 0 Å². The molecule has 0 unspecified atom stereocenters. The monoisotopic (exact) mass is 247 g/mol. The van der Waals surface area contributed by atoms with Gasteiger partial charge in [0.25, 0.3) is 0 Å². The Bertz CT molecular complexity index is 221. The number of carbonyl (C=O) groups is 2. The van der Waals surface area contributed by atoms with E-state index in [-0.39, 0.29) is 11.9 Å². The molecule has 0 fully saturated rings. The van der Waals surface area contributed by atoms with Crippen LogP contribution in [0.5, 0.6) is 0 Å². The van der Waals surface area contributed by atoms with E-state index >= 15 is 0 Å². The molecule has 5 heteroatoms. The average Bonchev–Trinajstić information content (AvgIpc) is 2.23. The first-order valence-corrected chi connectivity index (χ1v) is 6.93. The minimum absolute atomic E-state index is 0.196. The molecule has 1 N–H and O–H groups in total. The summed E-state index contributed by atoms with van der Waals surface area (Å²) in [5.74, 6) is 0.310. The zero-order chi connectivity index (χ0) is 12.4. The van der Waals surface area contributed by atoms with E-state index in [1.54, 1.807) is 11.8 Å². The Morgan fingerprint density at radius 2 is 2.12 bits per heavy atom. The van der Waals surface area contributed by atoms with Crippen molar-refractivity contribution < 1.29 is 14.3 Å². The number of hydrogen-bond donors (Lipinski definition) is 1. The first-order chi connectivity index (χ1) is 7.61. The van der Waals surface area contributed by atoms with E-state index in [2.05, 4.69) is 5.32 Å². The fourth-order valence-electron chi connectivity index (χ4n) is 1.15. The summed E-state index contributed by atoms with van der Waals surface area (Å²) in [5.41, 5.74) is 0. The number of carbonyl (C=O) groups excluding carboxylic acids is 2. The van der Waals surface area contributed by atoms with Crippen molar-refractivity contribution in [1.82, 2.24) is 5.32 Å². The van der Waals surface area contributed by atoms with E-state index in [4.69, 9.17) is 4.74 Å². The summed E-state index contributed by atoms with van der Waals surface area (Å²) in [6, 6.07) is -0.498. The van der Waals surface area contributed by atoms with Crippen molar-refractivity contribution in [3.63, 3.8) is 0 Å². The Hall–Kier alpha value is -0.710. The molecular formula is C11H21NO3S. The highest BCUT2D eigenvalue weighted by Gasteiger charge is 2.20. The predicted molar refractivity (Wildman–Crippen MR) is 66.5 cm³/mol. The second kappa shape index (κ2) is 9.51. The van der Waals surface area contributed by atoms with E-state index in [9.17, 15) is 9.59 Å². The fraction of sp³-hybridized carbons (Fsp3) is 0.818. The van der Waals surface area contributed by atoms with Gasteiger partial charge in [-0.2, -0.15) is 11.8 Å². The molecule has 0 aliphatic carbocycles. The summed E-state index contributed by atoms with van der Waals surface area (Å²) in [6.07, 6.45) is 4.43. The minimum atomic E-state index is -0.498. The van der Waals surface area contributed by atoms with Gasteiger partial charge in [-0.15, -0.1) is 0 Å². The summed E-state index contributed by atoms with van der Waals surface area (Å²) < 4.78 is 5.08. The lowest BCUT2D eigenvalue weighted by atomic mass is 10.2. The maximum Gasteiger partial charge on any atom is 0.328 e. The van der Waals surface area contributed by atoms with E-state index in [1.807, 2.05) is 13.2 Å². The first kappa shape index (κ1) is 15.3. The van der Waals surface area contributed by atoms with Crippen molar-refractivity contribution in [3.8, 4) is 0 Å². The zero-order valence-corrected chi connectivity index (χ0v) is 11.1. The first-order valence-electron chi connectivity index (χ1n) is 5.54. The molecule has 94 valence electrons. The van der Waals surface area contributed by atoms with Gasteiger partial charge < -0.3 is 10.1 Å². The molecule has 0 heterocycles. The third-order valence-corrected chi connectivity index (χ3v) is 2.66. The molecule has 0 aliphatic heterocycles. The lowest BCUT2D eigenvalue weighted by Gasteiger charge is -2.16. The van der Waals surface area contributed by atoms with Gasteiger partial charge in [-0.3, -0.25) is 4.79 Å².